The van der Waals surface area contributed by atoms with Crippen LogP contribution in [-0.4, -0.2) is 62.5 Å². The van der Waals surface area contributed by atoms with Gasteiger partial charge in [0.2, 0.25) is 0 Å². The van der Waals surface area contributed by atoms with Gasteiger partial charge in [0, 0.05) is 43.6 Å². The molecule has 4 nitrogen and oxygen atoms in total. The number of morpholine rings is 1. The van der Waals surface area contributed by atoms with Gasteiger partial charge in [-0.1, -0.05) is 20.8 Å². The number of ether oxygens (including phenoxy) is 2. The van der Waals surface area contributed by atoms with Crippen molar-refractivity contribution in [1.82, 2.24) is 10.2 Å². The predicted octanol–water partition coefficient (Wildman–Crippen LogP) is 1.11. The summed E-state index contributed by atoms with van der Waals surface area (Å²) in [6.45, 7) is 13.0. The van der Waals surface area contributed by atoms with E-state index in [1.54, 1.807) is 0 Å². The molecule has 1 saturated carbocycles. The van der Waals surface area contributed by atoms with Crippen LogP contribution in [0.5, 0.6) is 0 Å². The Hall–Kier alpha value is -0.160. The van der Waals surface area contributed by atoms with E-state index in [1.165, 1.54) is 6.42 Å². The highest BCUT2D eigenvalue weighted by molar-refractivity contribution is 5.11. The molecular weight excluding hydrogens is 240 g/mol. The largest absolute Gasteiger partial charge is 0.377 e. The SMILES string of the molecule is CCN1CCOC(CNC2C3CCOC3C2(C)C)C1. The summed E-state index contributed by atoms with van der Waals surface area (Å²) in [5.74, 6) is 0.723. The summed E-state index contributed by atoms with van der Waals surface area (Å²) in [6.07, 6.45) is 2.05. The van der Waals surface area contributed by atoms with Crippen molar-refractivity contribution in [3.63, 3.8) is 0 Å². The monoisotopic (exact) mass is 268 g/mol. The summed E-state index contributed by atoms with van der Waals surface area (Å²) in [6, 6.07) is 0.598. The second-order valence-corrected chi connectivity index (χ2v) is 6.84. The van der Waals surface area contributed by atoms with Crippen LogP contribution in [0.2, 0.25) is 0 Å². The van der Waals surface area contributed by atoms with E-state index in [9.17, 15) is 0 Å². The second-order valence-electron chi connectivity index (χ2n) is 6.84. The van der Waals surface area contributed by atoms with Gasteiger partial charge in [0.05, 0.1) is 18.8 Å². The first-order valence-corrected chi connectivity index (χ1v) is 7.82. The van der Waals surface area contributed by atoms with E-state index in [0.29, 0.717) is 18.2 Å². The van der Waals surface area contributed by atoms with Crippen molar-refractivity contribution in [2.24, 2.45) is 11.3 Å². The summed E-state index contributed by atoms with van der Waals surface area (Å²) in [4.78, 5) is 2.48. The highest BCUT2D eigenvalue weighted by Crippen LogP contribution is 2.52. The van der Waals surface area contributed by atoms with Crippen LogP contribution >= 0.6 is 0 Å². The Bertz CT molecular complexity index is 321. The first-order chi connectivity index (χ1) is 9.13. The molecule has 2 saturated heterocycles. The average Bonchev–Trinajstić information content (AvgIpc) is 2.86. The minimum atomic E-state index is 0.278. The lowest BCUT2D eigenvalue weighted by molar-refractivity contribution is -0.117. The third-order valence-electron chi connectivity index (χ3n) is 5.34. The zero-order valence-corrected chi connectivity index (χ0v) is 12.5. The van der Waals surface area contributed by atoms with E-state index < -0.39 is 0 Å². The molecule has 4 unspecified atom stereocenters. The van der Waals surface area contributed by atoms with Gasteiger partial charge in [-0.2, -0.15) is 0 Å². The van der Waals surface area contributed by atoms with Gasteiger partial charge in [-0.25, -0.2) is 0 Å². The molecule has 110 valence electrons. The van der Waals surface area contributed by atoms with Crippen LogP contribution in [0.1, 0.15) is 27.2 Å². The van der Waals surface area contributed by atoms with E-state index in [2.05, 4.69) is 31.0 Å². The van der Waals surface area contributed by atoms with Gasteiger partial charge in [-0.05, 0) is 13.0 Å². The fourth-order valence-corrected chi connectivity index (χ4v) is 4.19. The van der Waals surface area contributed by atoms with Crippen LogP contribution < -0.4 is 5.32 Å². The van der Waals surface area contributed by atoms with Crippen LogP contribution in [0.4, 0.5) is 0 Å². The van der Waals surface area contributed by atoms with Crippen LogP contribution in [0.3, 0.4) is 0 Å². The lowest BCUT2D eigenvalue weighted by Gasteiger charge is -2.55. The Kier molecular flexibility index (Phi) is 3.87. The molecule has 3 rings (SSSR count). The van der Waals surface area contributed by atoms with Crippen molar-refractivity contribution in [3.8, 4) is 0 Å². The Balaban J connectivity index is 1.49. The molecule has 0 aromatic carbocycles. The summed E-state index contributed by atoms with van der Waals surface area (Å²) in [7, 11) is 0. The van der Waals surface area contributed by atoms with Gasteiger partial charge in [0.1, 0.15) is 0 Å². The predicted molar refractivity (Wildman–Crippen MR) is 75.3 cm³/mol. The normalized spacial score (nSPS) is 41.8. The van der Waals surface area contributed by atoms with Crippen molar-refractivity contribution in [3.05, 3.63) is 0 Å². The molecule has 4 atom stereocenters. The van der Waals surface area contributed by atoms with E-state index in [1.807, 2.05) is 0 Å². The topological polar surface area (TPSA) is 33.7 Å². The molecule has 3 fully saturated rings. The summed E-state index contributed by atoms with van der Waals surface area (Å²) in [5, 5.41) is 3.76. The number of likely N-dealkylation sites (N-methyl/N-ethyl adjacent to an activating group) is 1. The van der Waals surface area contributed by atoms with Gasteiger partial charge in [0.15, 0.2) is 0 Å². The molecule has 2 aliphatic heterocycles. The summed E-state index contributed by atoms with van der Waals surface area (Å²) >= 11 is 0. The van der Waals surface area contributed by atoms with Gasteiger partial charge in [-0.15, -0.1) is 0 Å². The first-order valence-electron chi connectivity index (χ1n) is 7.82. The van der Waals surface area contributed by atoms with Crippen molar-refractivity contribution < 1.29 is 9.47 Å². The molecule has 2 heterocycles. The Morgan fingerprint density at radius 1 is 1.26 bits per heavy atom. The fraction of sp³-hybridized carbons (Fsp3) is 1.00. The molecule has 4 heteroatoms. The summed E-state index contributed by atoms with van der Waals surface area (Å²) in [5.41, 5.74) is 0.278. The first kappa shape index (κ1) is 13.8. The van der Waals surface area contributed by atoms with Crippen molar-refractivity contribution in [1.29, 1.82) is 0 Å². The molecule has 1 aliphatic carbocycles. The smallest absolute Gasteiger partial charge is 0.0826 e. The van der Waals surface area contributed by atoms with Crippen molar-refractivity contribution in [2.75, 3.05) is 39.4 Å². The molecule has 0 radical (unpaired) electrons. The lowest BCUT2D eigenvalue weighted by Crippen LogP contribution is -2.67. The Morgan fingerprint density at radius 2 is 2.11 bits per heavy atom. The molecule has 0 spiro atoms. The van der Waals surface area contributed by atoms with E-state index >= 15 is 0 Å². The standard InChI is InChI=1S/C15H28N2O2/c1-4-17-6-8-18-11(10-17)9-16-13-12-5-7-19-14(12)15(13,2)3/h11-14,16H,4-10H2,1-3H3. The molecule has 0 aromatic heterocycles. The average molecular weight is 268 g/mol. The third-order valence-corrected chi connectivity index (χ3v) is 5.34. The number of hydrogen-bond donors (Lipinski definition) is 1. The summed E-state index contributed by atoms with van der Waals surface area (Å²) < 4.78 is 11.7. The zero-order valence-electron chi connectivity index (χ0n) is 12.5. The molecule has 0 amide bonds. The van der Waals surface area contributed by atoms with Gasteiger partial charge >= 0.3 is 0 Å². The maximum Gasteiger partial charge on any atom is 0.0826 e. The van der Waals surface area contributed by atoms with E-state index in [-0.39, 0.29) is 5.41 Å². The molecule has 0 aromatic rings. The maximum atomic E-state index is 5.87. The van der Waals surface area contributed by atoms with Gasteiger partial charge in [-0.3, -0.25) is 4.90 Å². The zero-order chi connectivity index (χ0) is 13.5. The quantitative estimate of drug-likeness (QED) is 0.828. The van der Waals surface area contributed by atoms with Gasteiger partial charge < -0.3 is 14.8 Å². The molecular formula is C15H28N2O2. The number of nitrogens with one attached hydrogen (secondary N) is 1. The molecule has 1 N–H and O–H groups in total. The number of fused-ring (bicyclic) bond motifs is 1. The maximum absolute atomic E-state index is 5.87. The van der Waals surface area contributed by atoms with Gasteiger partial charge in [0.25, 0.3) is 0 Å². The fourth-order valence-electron chi connectivity index (χ4n) is 4.19. The highest BCUT2D eigenvalue weighted by Gasteiger charge is 2.59. The molecule has 3 aliphatic rings. The molecule has 19 heavy (non-hydrogen) atoms. The minimum absolute atomic E-state index is 0.278. The van der Waals surface area contributed by atoms with Crippen LogP contribution in [0, 0.1) is 11.3 Å². The number of nitrogens with zero attached hydrogens (tertiary/aromatic N) is 1. The second kappa shape index (κ2) is 5.32. The van der Waals surface area contributed by atoms with E-state index in [4.69, 9.17) is 9.47 Å². The van der Waals surface area contributed by atoms with Crippen molar-refractivity contribution in [2.45, 2.75) is 45.4 Å². The van der Waals surface area contributed by atoms with E-state index in [0.717, 1.165) is 45.3 Å². The third kappa shape index (κ3) is 2.44. The van der Waals surface area contributed by atoms with Crippen molar-refractivity contribution >= 4 is 0 Å². The highest BCUT2D eigenvalue weighted by atomic mass is 16.5. The van der Waals surface area contributed by atoms with Crippen LogP contribution in [0.25, 0.3) is 0 Å². The minimum Gasteiger partial charge on any atom is -0.377 e. The molecule has 0 bridgehead atoms. The lowest BCUT2D eigenvalue weighted by atomic mass is 9.57. The number of hydrogen-bond acceptors (Lipinski definition) is 4. The Morgan fingerprint density at radius 3 is 2.89 bits per heavy atom. The van der Waals surface area contributed by atoms with Crippen LogP contribution in [-0.2, 0) is 9.47 Å². The van der Waals surface area contributed by atoms with Crippen LogP contribution in [0.15, 0.2) is 0 Å². The number of rotatable bonds is 4. The Labute approximate surface area is 116 Å².